The summed E-state index contributed by atoms with van der Waals surface area (Å²) in [5, 5.41) is 0. The second-order valence-corrected chi connectivity index (χ2v) is 9.32. The highest BCUT2D eigenvalue weighted by molar-refractivity contribution is 6.28. The van der Waals surface area contributed by atoms with E-state index >= 15 is 0 Å². The molecule has 0 aromatic rings. The lowest BCUT2D eigenvalue weighted by Crippen LogP contribution is -2.34. The fourth-order valence-electron chi connectivity index (χ4n) is 3.55. The normalized spacial score (nSPS) is 15.1. The highest BCUT2D eigenvalue weighted by atomic mass is 16.6. The van der Waals surface area contributed by atoms with Crippen molar-refractivity contribution in [1.29, 1.82) is 0 Å². The average Bonchev–Trinajstić information content (AvgIpc) is 3.30. The van der Waals surface area contributed by atoms with Crippen molar-refractivity contribution >= 4 is 29.8 Å². The van der Waals surface area contributed by atoms with Gasteiger partial charge < -0.3 is 23.7 Å². The third-order valence-corrected chi connectivity index (χ3v) is 5.93. The molecule has 1 saturated carbocycles. The molecule has 0 aromatic heterocycles. The van der Waals surface area contributed by atoms with E-state index < -0.39 is 59.4 Å². The number of unbranched alkanes of at least 4 members (excludes halogenated alkanes) is 5. The van der Waals surface area contributed by atoms with Gasteiger partial charge in [0.25, 0.3) is 0 Å². The molecule has 10 heteroatoms. The summed E-state index contributed by atoms with van der Waals surface area (Å²) in [6.45, 7) is 9.51. The molecule has 0 amide bonds. The molecular weight excluding hydrogens is 520 g/mol. The summed E-state index contributed by atoms with van der Waals surface area (Å²) in [5.41, 5.74) is 0. The number of hydrogen-bond acceptors (Lipinski definition) is 10. The molecule has 0 aromatic carbocycles. The van der Waals surface area contributed by atoms with Crippen LogP contribution in [0.15, 0.2) is 0 Å². The molecule has 1 fully saturated rings. The van der Waals surface area contributed by atoms with E-state index in [0.29, 0.717) is 32.1 Å². The first kappa shape index (κ1) is 35.4. The predicted molar refractivity (Wildman–Crippen MR) is 146 cm³/mol. The minimum absolute atomic E-state index is 0.00170. The van der Waals surface area contributed by atoms with Crippen molar-refractivity contribution in [1.82, 2.24) is 0 Å². The van der Waals surface area contributed by atoms with Gasteiger partial charge in [-0.1, -0.05) is 66.7 Å². The van der Waals surface area contributed by atoms with Crippen LogP contribution in [0.1, 0.15) is 98.8 Å². The topological polar surface area (TPSA) is 132 Å². The first-order valence-corrected chi connectivity index (χ1v) is 14.5. The summed E-state index contributed by atoms with van der Waals surface area (Å²) in [5.74, 6) is -8.00. The molecule has 0 aliphatic heterocycles. The summed E-state index contributed by atoms with van der Waals surface area (Å²) in [6, 6.07) is 0. The van der Waals surface area contributed by atoms with Crippen molar-refractivity contribution in [2.24, 2.45) is 0 Å². The van der Waals surface area contributed by atoms with Gasteiger partial charge in [0.05, 0.1) is 33.0 Å². The van der Waals surface area contributed by atoms with Gasteiger partial charge in [0.1, 0.15) is 29.6 Å². The van der Waals surface area contributed by atoms with E-state index in [2.05, 4.69) is 0 Å². The maximum absolute atomic E-state index is 13.4. The number of esters is 5. The van der Waals surface area contributed by atoms with Gasteiger partial charge in [0, 0.05) is 0 Å². The van der Waals surface area contributed by atoms with Gasteiger partial charge in [0.15, 0.2) is 0 Å². The Labute approximate surface area is 239 Å². The monoisotopic (exact) mass is 565 g/mol. The fourth-order valence-corrected chi connectivity index (χ4v) is 3.55. The Kier molecular flexibility index (Phi) is 17.9. The summed E-state index contributed by atoms with van der Waals surface area (Å²) in [4.78, 5) is 67.1. The minimum atomic E-state index is -1.05. The van der Waals surface area contributed by atoms with Crippen molar-refractivity contribution < 1.29 is 47.7 Å². The summed E-state index contributed by atoms with van der Waals surface area (Å²) < 4.78 is 26.8. The highest BCUT2D eigenvalue weighted by Crippen LogP contribution is 2.55. The van der Waals surface area contributed by atoms with Gasteiger partial charge >= 0.3 is 29.8 Å². The standard InChI is InChI=1S/C30H45O10/c1-6-11-16-36-26(31)21-22(27(32)37-17-12-7-2)24(29(34)39-19-14-9-4)25(30(35)40-20-15-10-5)23(21)28(33)38-18-13-8-3/h6-20H2,1-5H3. The van der Waals surface area contributed by atoms with Crippen LogP contribution in [-0.2, 0) is 47.7 Å². The maximum Gasteiger partial charge on any atom is 0.315 e. The lowest BCUT2D eigenvalue weighted by atomic mass is 9.86. The van der Waals surface area contributed by atoms with E-state index in [9.17, 15) is 24.0 Å². The number of carbonyl (C=O) groups is 5. The van der Waals surface area contributed by atoms with Crippen LogP contribution in [0.25, 0.3) is 0 Å². The minimum Gasteiger partial charge on any atom is -0.465 e. The van der Waals surface area contributed by atoms with Crippen LogP contribution in [0.3, 0.4) is 0 Å². The Morgan fingerprint density at radius 1 is 0.350 bits per heavy atom. The van der Waals surface area contributed by atoms with E-state index in [1.165, 1.54) is 0 Å². The van der Waals surface area contributed by atoms with E-state index in [1.54, 1.807) is 0 Å². The third kappa shape index (κ3) is 10.7. The molecule has 1 aliphatic carbocycles. The van der Waals surface area contributed by atoms with Crippen molar-refractivity contribution in [3.05, 3.63) is 29.6 Å². The molecular formula is C30H45O10. The van der Waals surface area contributed by atoms with Crippen LogP contribution >= 0.6 is 0 Å². The molecule has 0 unspecified atom stereocenters. The first-order valence-electron chi connectivity index (χ1n) is 14.5. The van der Waals surface area contributed by atoms with Crippen LogP contribution in [0.4, 0.5) is 0 Å². The molecule has 225 valence electrons. The molecule has 10 nitrogen and oxygen atoms in total. The number of ether oxygens (including phenoxy) is 5. The smallest absolute Gasteiger partial charge is 0.315 e. The third-order valence-electron chi connectivity index (χ3n) is 5.93. The first-order chi connectivity index (χ1) is 19.3. The molecule has 0 spiro atoms. The maximum atomic E-state index is 13.4. The zero-order chi connectivity index (χ0) is 29.9. The van der Waals surface area contributed by atoms with Crippen molar-refractivity contribution in [2.75, 3.05) is 33.0 Å². The Morgan fingerprint density at radius 3 is 0.625 bits per heavy atom. The van der Waals surface area contributed by atoms with Crippen LogP contribution in [0, 0.1) is 29.6 Å². The van der Waals surface area contributed by atoms with Crippen LogP contribution in [0.5, 0.6) is 0 Å². The van der Waals surface area contributed by atoms with E-state index in [4.69, 9.17) is 23.7 Å². The molecule has 0 atom stereocenters. The number of rotatable bonds is 20. The molecule has 40 heavy (non-hydrogen) atoms. The quantitative estimate of drug-likeness (QED) is 0.117. The number of hydrogen-bond donors (Lipinski definition) is 0. The van der Waals surface area contributed by atoms with Gasteiger partial charge in [-0.2, -0.15) is 0 Å². The molecule has 0 saturated heterocycles. The van der Waals surface area contributed by atoms with E-state index in [-0.39, 0.29) is 33.0 Å². The average molecular weight is 566 g/mol. The largest absolute Gasteiger partial charge is 0.465 e. The molecule has 0 N–H and O–H groups in total. The zero-order valence-electron chi connectivity index (χ0n) is 24.7. The molecule has 0 bridgehead atoms. The van der Waals surface area contributed by atoms with Gasteiger partial charge in [0.2, 0.25) is 0 Å². The summed E-state index contributed by atoms with van der Waals surface area (Å²) in [6.07, 6.45) is 6.22. The fraction of sp³-hybridized carbons (Fsp3) is 0.667. The van der Waals surface area contributed by atoms with Gasteiger partial charge in [-0.25, -0.2) is 0 Å². The van der Waals surface area contributed by atoms with E-state index in [1.807, 2.05) is 34.6 Å². The Morgan fingerprint density at radius 2 is 0.500 bits per heavy atom. The highest BCUT2D eigenvalue weighted by Gasteiger charge is 2.69. The lowest BCUT2D eigenvalue weighted by Gasteiger charge is -2.21. The van der Waals surface area contributed by atoms with E-state index in [0.717, 1.165) is 32.1 Å². The molecule has 0 heterocycles. The Hall–Kier alpha value is -2.65. The van der Waals surface area contributed by atoms with Crippen molar-refractivity contribution in [3.63, 3.8) is 0 Å². The molecule has 1 rings (SSSR count). The summed E-state index contributed by atoms with van der Waals surface area (Å²) >= 11 is 0. The second kappa shape index (κ2) is 20.3. The number of carbonyl (C=O) groups excluding carboxylic acids is 5. The van der Waals surface area contributed by atoms with Crippen LogP contribution in [0.2, 0.25) is 0 Å². The zero-order valence-corrected chi connectivity index (χ0v) is 24.7. The van der Waals surface area contributed by atoms with Gasteiger partial charge in [-0.15, -0.1) is 0 Å². The van der Waals surface area contributed by atoms with Gasteiger partial charge in [-0.05, 0) is 32.1 Å². The van der Waals surface area contributed by atoms with Crippen LogP contribution < -0.4 is 0 Å². The Bertz CT molecular complexity index is 634. The van der Waals surface area contributed by atoms with Crippen LogP contribution in [-0.4, -0.2) is 62.9 Å². The summed E-state index contributed by atoms with van der Waals surface area (Å²) in [7, 11) is 0. The Balaban J connectivity index is 3.65. The molecule has 5 radical (unpaired) electrons. The van der Waals surface area contributed by atoms with Crippen molar-refractivity contribution in [2.45, 2.75) is 98.8 Å². The molecule has 1 aliphatic rings. The van der Waals surface area contributed by atoms with Gasteiger partial charge in [-0.3, -0.25) is 24.0 Å². The SMILES string of the molecule is CCCCOC(=O)[C]1[C](C(=O)OCCCC)[C](C(=O)OCCCC)[C](C(=O)OCCCC)[C]1C(=O)OCCCC. The predicted octanol–water partition coefficient (Wildman–Crippen LogP) is 4.59. The van der Waals surface area contributed by atoms with Crippen molar-refractivity contribution in [3.8, 4) is 0 Å². The second-order valence-electron chi connectivity index (χ2n) is 9.32. The lowest BCUT2D eigenvalue weighted by molar-refractivity contribution is -0.148.